The van der Waals surface area contributed by atoms with Crippen molar-refractivity contribution in [1.29, 1.82) is 0 Å². The van der Waals surface area contributed by atoms with Crippen LogP contribution in [0.5, 0.6) is 0 Å². The minimum absolute atomic E-state index is 0.0282. The fourth-order valence-corrected chi connectivity index (χ4v) is 1.94. The third kappa shape index (κ3) is 6.25. The van der Waals surface area contributed by atoms with Crippen molar-refractivity contribution in [3.8, 4) is 0 Å². The Morgan fingerprint density at radius 2 is 1.81 bits per heavy atom. The number of rotatable bonds is 9. The van der Waals surface area contributed by atoms with Crippen LogP contribution in [-0.4, -0.2) is 45.4 Å². The Morgan fingerprint density at radius 1 is 1.24 bits per heavy atom. The summed E-state index contributed by atoms with van der Waals surface area (Å²) in [5, 5.41) is 7.92. The lowest BCUT2D eigenvalue weighted by Crippen LogP contribution is -2.34. The minimum Gasteiger partial charge on any atom is -0.337 e. The Labute approximate surface area is 127 Å². The fourth-order valence-electron chi connectivity index (χ4n) is 1.94. The molecule has 0 unspecified atom stereocenters. The summed E-state index contributed by atoms with van der Waals surface area (Å²) in [5.41, 5.74) is 5.90. The molecule has 1 amide bonds. The second kappa shape index (κ2) is 8.77. The number of amides is 1. The molecule has 0 fully saturated rings. The quantitative estimate of drug-likeness (QED) is 0.753. The molecule has 0 saturated carbocycles. The van der Waals surface area contributed by atoms with Gasteiger partial charge in [0.25, 0.3) is 5.91 Å². The van der Waals surface area contributed by atoms with Gasteiger partial charge in [-0.05, 0) is 24.7 Å². The van der Waals surface area contributed by atoms with Crippen LogP contribution in [0.4, 0.5) is 0 Å². The highest BCUT2D eigenvalue weighted by molar-refractivity contribution is 5.91. The number of carbonyl (C=O) groups excluding carboxylic acids is 1. The van der Waals surface area contributed by atoms with Gasteiger partial charge >= 0.3 is 0 Å². The molecule has 0 radical (unpaired) electrons. The van der Waals surface area contributed by atoms with E-state index in [2.05, 4.69) is 38.0 Å². The van der Waals surface area contributed by atoms with Crippen LogP contribution >= 0.6 is 0 Å². The minimum atomic E-state index is -0.0282. The predicted molar refractivity (Wildman–Crippen MR) is 83.9 cm³/mol. The highest BCUT2D eigenvalue weighted by Gasteiger charge is 2.19. The maximum Gasteiger partial charge on any atom is 0.276 e. The summed E-state index contributed by atoms with van der Waals surface area (Å²) < 4.78 is 1.62. The first kappa shape index (κ1) is 17.6. The van der Waals surface area contributed by atoms with Crippen LogP contribution in [0.2, 0.25) is 0 Å². The number of hydrogen-bond acceptors (Lipinski definition) is 4. The molecule has 0 saturated heterocycles. The number of hydrogen-bond donors (Lipinski definition) is 1. The lowest BCUT2D eigenvalue weighted by molar-refractivity contribution is 0.0734. The zero-order valence-electron chi connectivity index (χ0n) is 13.7. The molecule has 0 aromatic carbocycles. The normalized spacial score (nSPS) is 11.4. The van der Waals surface area contributed by atoms with E-state index in [-0.39, 0.29) is 5.91 Å². The van der Waals surface area contributed by atoms with E-state index in [9.17, 15) is 4.79 Å². The molecular formula is C15H29N5O. The summed E-state index contributed by atoms with van der Waals surface area (Å²) in [7, 11) is 0. The van der Waals surface area contributed by atoms with Gasteiger partial charge in [-0.25, -0.2) is 0 Å². The first-order chi connectivity index (χ1) is 9.93. The molecule has 1 aromatic rings. The standard InChI is InChI=1S/C15H29N5O/c1-12(2)5-8-19(9-6-13(3)4)15(21)14-11-20(10-7-16)18-17-14/h11-13H,5-10,16H2,1-4H3. The van der Waals surface area contributed by atoms with E-state index in [0.717, 1.165) is 25.9 Å². The summed E-state index contributed by atoms with van der Waals surface area (Å²) in [6.45, 7) is 11.3. The average molecular weight is 295 g/mol. The molecule has 0 aliphatic heterocycles. The Balaban J connectivity index is 2.71. The molecule has 0 bridgehead atoms. The molecule has 21 heavy (non-hydrogen) atoms. The van der Waals surface area contributed by atoms with Crippen molar-refractivity contribution in [3.63, 3.8) is 0 Å². The van der Waals surface area contributed by atoms with Crippen LogP contribution in [0.1, 0.15) is 51.0 Å². The van der Waals surface area contributed by atoms with E-state index in [0.29, 0.717) is 30.6 Å². The Kier molecular flexibility index (Phi) is 7.36. The van der Waals surface area contributed by atoms with Crippen molar-refractivity contribution in [2.75, 3.05) is 19.6 Å². The monoisotopic (exact) mass is 295 g/mol. The maximum absolute atomic E-state index is 12.6. The SMILES string of the molecule is CC(C)CCN(CCC(C)C)C(=O)c1cn(CCN)nn1. The topological polar surface area (TPSA) is 77.0 Å². The lowest BCUT2D eigenvalue weighted by atomic mass is 10.1. The first-order valence-corrected chi connectivity index (χ1v) is 7.83. The highest BCUT2D eigenvalue weighted by Crippen LogP contribution is 2.10. The van der Waals surface area contributed by atoms with Gasteiger partial charge in [0.15, 0.2) is 5.69 Å². The van der Waals surface area contributed by atoms with Crippen LogP contribution in [-0.2, 0) is 6.54 Å². The molecule has 1 rings (SSSR count). The molecule has 2 N–H and O–H groups in total. The predicted octanol–water partition coefficient (Wildman–Crippen LogP) is 1.77. The van der Waals surface area contributed by atoms with E-state index >= 15 is 0 Å². The van der Waals surface area contributed by atoms with Gasteiger partial charge in [0.05, 0.1) is 12.7 Å². The highest BCUT2D eigenvalue weighted by atomic mass is 16.2. The largest absolute Gasteiger partial charge is 0.337 e. The van der Waals surface area contributed by atoms with Gasteiger partial charge in [-0.2, -0.15) is 0 Å². The summed E-state index contributed by atoms with van der Waals surface area (Å²) in [5.74, 6) is 1.12. The second-order valence-corrected chi connectivity index (χ2v) is 6.31. The first-order valence-electron chi connectivity index (χ1n) is 7.83. The Morgan fingerprint density at radius 3 is 2.29 bits per heavy atom. The van der Waals surface area contributed by atoms with Gasteiger partial charge in [0.2, 0.25) is 0 Å². The number of nitrogens with two attached hydrogens (primary N) is 1. The third-order valence-electron chi connectivity index (χ3n) is 3.36. The van der Waals surface area contributed by atoms with Crippen LogP contribution in [0, 0.1) is 11.8 Å². The molecule has 0 aliphatic carbocycles. The number of nitrogens with zero attached hydrogens (tertiary/aromatic N) is 4. The van der Waals surface area contributed by atoms with E-state index in [1.54, 1.807) is 10.9 Å². The van der Waals surface area contributed by atoms with Gasteiger partial charge in [0.1, 0.15) is 0 Å². The van der Waals surface area contributed by atoms with E-state index in [4.69, 9.17) is 5.73 Å². The van der Waals surface area contributed by atoms with Gasteiger partial charge in [-0.1, -0.05) is 32.9 Å². The van der Waals surface area contributed by atoms with Crippen molar-refractivity contribution >= 4 is 5.91 Å². The molecule has 6 heteroatoms. The Hall–Kier alpha value is -1.43. The summed E-state index contributed by atoms with van der Waals surface area (Å²) >= 11 is 0. The zero-order chi connectivity index (χ0) is 15.8. The maximum atomic E-state index is 12.6. The molecule has 120 valence electrons. The molecule has 1 aromatic heterocycles. The third-order valence-corrected chi connectivity index (χ3v) is 3.36. The zero-order valence-corrected chi connectivity index (χ0v) is 13.7. The summed E-state index contributed by atoms with van der Waals surface area (Å²) in [6, 6.07) is 0. The van der Waals surface area contributed by atoms with Gasteiger partial charge < -0.3 is 10.6 Å². The van der Waals surface area contributed by atoms with Crippen molar-refractivity contribution in [1.82, 2.24) is 19.9 Å². The van der Waals surface area contributed by atoms with Crippen LogP contribution in [0.15, 0.2) is 6.20 Å². The van der Waals surface area contributed by atoms with Crippen LogP contribution in [0.3, 0.4) is 0 Å². The Bertz CT molecular complexity index is 415. The smallest absolute Gasteiger partial charge is 0.276 e. The molecule has 1 heterocycles. The average Bonchev–Trinajstić information content (AvgIpc) is 2.86. The number of carbonyl (C=O) groups is 1. The van der Waals surface area contributed by atoms with E-state index < -0.39 is 0 Å². The van der Waals surface area contributed by atoms with Crippen molar-refractivity contribution in [3.05, 3.63) is 11.9 Å². The van der Waals surface area contributed by atoms with Crippen LogP contribution in [0.25, 0.3) is 0 Å². The summed E-state index contributed by atoms with van der Waals surface area (Å²) in [4.78, 5) is 14.5. The van der Waals surface area contributed by atoms with E-state index in [1.807, 2.05) is 4.90 Å². The second-order valence-electron chi connectivity index (χ2n) is 6.31. The molecule has 0 aliphatic rings. The van der Waals surface area contributed by atoms with Gasteiger partial charge in [0, 0.05) is 19.6 Å². The van der Waals surface area contributed by atoms with Crippen molar-refractivity contribution < 1.29 is 4.79 Å². The molecule has 6 nitrogen and oxygen atoms in total. The number of aromatic nitrogens is 3. The molecule has 0 spiro atoms. The molecular weight excluding hydrogens is 266 g/mol. The fraction of sp³-hybridized carbons (Fsp3) is 0.800. The molecule has 0 atom stereocenters. The van der Waals surface area contributed by atoms with Crippen molar-refractivity contribution in [2.45, 2.75) is 47.1 Å². The van der Waals surface area contributed by atoms with Gasteiger partial charge in [-0.15, -0.1) is 5.10 Å². The van der Waals surface area contributed by atoms with Gasteiger partial charge in [-0.3, -0.25) is 9.48 Å². The van der Waals surface area contributed by atoms with Crippen LogP contribution < -0.4 is 5.73 Å². The summed E-state index contributed by atoms with van der Waals surface area (Å²) in [6.07, 6.45) is 3.69. The lowest BCUT2D eigenvalue weighted by Gasteiger charge is -2.23. The van der Waals surface area contributed by atoms with Crippen molar-refractivity contribution in [2.24, 2.45) is 17.6 Å². The van der Waals surface area contributed by atoms with E-state index in [1.165, 1.54) is 0 Å².